The lowest BCUT2D eigenvalue weighted by atomic mass is 9.90. The van der Waals surface area contributed by atoms with Crippen molar-refractivity contribution in [2.24, 2.45) is 0 Å². The standard InChI is InChI=1S/C23H27FN4O2.C23H25FN4O.H2/c1-14(2)27(3)23(30)18-11-15(24)6-7-20(18)28-13-19(16-8-10-25-12-21(16)28)17-5-4-9-26-22(17)29;1-15(2)27(3)23(29)19-11-17(24)6-7-21(19)28-14-20(16-5-4-9-25-12-16)18-8-10-26-13-22(18)28;/h6-8,10-14,17,22,26,29H,4-5,9H2,1-3H3;5-8,10-11,13-15,25H,4,9,12H2,1-3H3;1H. The zero-order valence-electron chi connectivity index (χ0n) is 34.4. The molecule has 1 fully saturated rings. The Morgan fingerprint density at radius 3 is 1.92 bits per heavy atom. The zero-order chi connectivity index (χ0) is 42.0. The first kappa shape index (κ1) is 41.4. The number of pyridine rings is 2. The van der Waals surface area contributed by atoms with Gasteiger partial charge in [-0.3, -0.25) is 24.9 Å². The number of nitrogens with zero attached hydrogens (tertiary/aromatic N) is 6. The number of fused-ring (bicyclic) bond motifs is 2. The summed E-state index contributed by atoms with van der Waals surface area (Å²) in [5, 5.41) is 19.1. The minimum absolute atomic E-state index is 0. The number of carbonyl (C=O) groups is 2. The quantitative estimate of drug-likeness (QED) is 0.144. The average molecular weight is 805 g/mol. The van der Waals surface area contributed by atoms with Crippen LogP contribution < -0.4 is 10.6 Å². The molecule has 1 saturated heterocycles. The van der Waals surface area contributed by atoms with E-state index in [4.69, 9.17) is 0 Å². The number of aromatic nitrogens is 4. The Bertz CT molecular complexity index is 2530. The molecule has 0 aliphatic carbocycles. The van der Waals surface area contributed by atoms with Crippen LogP contribution in [0.2, 0.25) is 0 Å². The fourth-order valence-electron chi connectivity index (χ4n) is 7.80. The number of benzene rings is 2. The van der Waals surface area contributed by atoms with Crippen molar-refractivity contribution in [3.05, 3.63) is 126 Å². The van der Waals surface area contributed by atoms with E-state index in [-0.39, 0.29) is 31.2 Å². The third-order valence-electron chi connectivity index (χ3n) is 11.5. The van der Waals surface area contributed by atoms with Crippen LogP contribution in [0.15, 0.2) is 91.8 Å². The molecular weight excluding hydrogens is 751 g/mol. The highest BCUT2D eigenvalue weighted by atomic mass is 19.1. The fourth-order valence-corrected chi connectivity index (χ4v) is 7.80. The van der Waals surface area contributed by atoms with Crippen LogP contribution in [0, 0.1) is 11.6 Å². The predicted molar refractivity (Wildman–Crippen MR) is 230 cm³/mol. The second-order valence-corrected chi connectivity index (χ2v) is 15.8. The van der Waals surface area contributed by atoms with Crippen LogP contribution in [0.1, 0.15) is 86.1 Å². The van der Waals surface area contributed by atoms with E-state index < -0.39 is 17.9 Å². The van der Waals surface area contributed by atoms with E-state index in [1.807, 2.05) is 61.4 Å². The minimum atomic E-state index is -0.632. The number of rotatable bonds is 8. The van der Waals surface area contributed by atoms with E-state index in [2.05, 4.69) is 26.7 Å². The van der Waals surface area contributed by atoms with E-state index in [9.17, 15) is 23.5 Å². The number of carbonyl (C=O) groups excluding carboxylic acids is 2. The molecule has 2 atom stereocenters. The molecule has 2 unspecified atom stereocenters. The maximum absolute atomic E-state index is 14.1. The van der Waals surface area contributed by atoms with Crippen molar-refractivity contribution in [2.75, 3.05) is 33.7 Å². The number of halogens is 2. The number of amides is 2. The van der Waals surface area contributed by atoms with Gasteiger partial charge in [-0.25, -0.2) is 8.78 Å². The summed E-state index contributed by atoms with van der Waals surface area (Å²) in [6.07, 6.45) is 15.4. The van der Waals surface area contributed by atoms with Gasteiger partial charge in [0.05, 0.1) is 45.9 Å². The fraction of sp³-hybridized carbons (Fsp3) is 0.348. The van der Waals surface area contributed by atoms with Gasteiger partial charge in [-0.05, 0) is 120 Å². The molecule has 6 aromatic rings. The van der Waals surface area contributed by atoms with E-state index in [0.29, 0.717) is 22.5 Å². The summed E-state index contributed by atoms with van der Waals surface area (Å²) in [6, 6.07) is 12.6. The van der Waals surface area contributed by atoms with Crippen molar-refractivity contribution in [3.8, 4) is 11.4 Å². The van der Waals surface area contributed by atoms with E-state index >= 15 is 0 Å². The summed E-state index contributed by atoms with van der Waals surface area (Å²) in [5.41, 5.74) is 6.90. The molecule has 2 aromatic carbocycles. The summed E-state index contributed by atoms with van der Waals surface area (Å²) >= 11 is 0. The van der Waals surface area contributed by atoms with Crippen LogP contribution in [0.5, 0.6) is 0 Å². The van der Waals surface area contributed by atoms with Crippen LogP contribution in [-0.2, 0) is 0 Å². The van der Waals surface area contributed by atoms with Gasteiger partial charge < -0.3 is 29.4 Å². The van der Waals surface area contributed by atoms with Crippen molar-refractivity contribution in [3.63, 3.8) is 0 Å². The molecule has 2 amide bonds. The van der Waals surface area contributed by atoms with Crippen LogP contribution in [-0.4, -0.2) is 97.9 Å². The highest BCUT2D eigenvalue weighted by Gasteiger charge is 2.29. The van der Waals surface area contributed by atoms with Gasteiger partial charge in [0.15, 0.2) is 0 Å². The molecule has 13 heteroatoms. The maximum Gasteiger partial charge on any atom is 0.256 e. The van der Waals surface area contributed by atoms with Crippen LogP contribution in [0.4, 0.5) is 8.78 Å². The first-order valence-corrected chi connectivity index (χ1v) is 20.2. The summed E-state index contributed by atoms with van der Waals surface area (Å²) in [5.74, 6) is -1.40. The first-order chi connectivity index (χ1) is 28.3. The molecule has 2 aliphatic rings. The van der Waals surface area contributed by atoms with Gasteiger partial charge in [-0.15, -0.1) is 0 Å². The Kier molecular flexibility index (Phi) is 12.4. The predicted octanol–water partition coefficient (Wildman–Crippen LogP) is 7.70. The molecule has 11 nitrogen and oxygen atoms in total. The van der Waals surface area contributed by atoms with Gasteiger partial charge in [0.2, 0.25) is 0 Å². The molecule has 0 saturated carbocycles. The molecule has 0 bridgehead atoms. The summed E-state index contributed by atoms with van der Waals surface area (Å²) in [4.78, 5) is 38.0. The SMILES string of the molecule is CC(C)N(C)C(=O)c1cc(F)ccc1-n1cc(C2=CCCNC2)c2ccncc21.CC(C)N(C)C(=O)c1cc(F)ccc1-n1cc(C2CCCNC2O)c2ccncc21.[HH]. The second kappa shape index (κ2) is 17.6. The van der Waals surface area contributed by atoms with Gasteiger partial charge in [-0.2, -0.15) is 0 Å². The van der Waals surface area contributed by atoms with Crippen molar-refractivity contribution < 1.29 is 24.9 Å². The highest BCUT2D eigenvalue weighted by Crippen LogP contribution is 2.36. The third-order valence-corrected chi connectivity index (χ3v) is 11.5. The Hall–Kier alpha value is -5.76. The topological polar surface area (TPSA) is 121 Å². The van der Waals surface area contributed by atoms with E-state index in [1.54, 1.807) is 60.8 Å². The van der Waals surface area contributed by atoms with Gasteiger partial charge >= 0.3 is 0 Å². The number of nitrogens with one attached hydrogen (secondary N) is 2. The molecule has 0 radical (unpaired) electrons. The third kappa shape index (κ3) is 8.41. The maximum atomic E-state index is 14.1. The zero-order valence-corrected chi connectivity index (χ0v) is 34.4. The van der Waals surface area contributed by atoms with Gasteiger partial charge in [-0.1, -0.05) is 6.08 Å². The number of hydrogen-bond acceptors (Lipinski definition) is 7. The van der Waals surface area contributed by atoms with Crippen molar-refractivity contribution in [1.29, 1.82) is 0 Å². The van der Waals surface area contributed by atoms with Crippen molar-refractivity contribution in [1.82, 2.24) is 39.5 Å². The molecule has 0 spiro atoms. The van der Waals surface area contributed by atoms with Crippen molar-refractivity contribution in [2.45, 2.75) is 71.2 Å². The Morgan fingerprint density at radius 2 is 1.37 bits per heavy atom. The Labute approximate surface area is 344 Å². The summed E-state index contributed by atoms with van der Waals surface area (Å²) in [7, 11) is 3.45. The average Bonchev–Trinajstić information content (AvgIpc) is 3.82. The van der Waals surface area contributed by atoms with Crippen LogP contribution in [0.25, 0.3) is 38.8 Å². The van der Waals surface area contributed by atoms with E-state index in [1.165, 1.54) is 29.8 Å². The highest BCUT2D eigenvalue weighted by molar-refractivity contribution is 6.01. The van der Waals surface area contributed by atoms with E-state index in [0.717, 1.165) is 71.8 Å². The van der Waals surface area contributed by atoms with Gasteiger partial charge in [0.1, 0.15) is 17.9 Å². The molecule has 8 rings (SSSR count). The lowest BCUT2D eigenvalue weighted by Gasteiger charge is -2.28. The summed E-state index contributed by atoms with van der Waals surface area (Å²) in [6.45, 7) is 10.3. The minimum Gasteiger partial charge on any atom is -0.378 e. The summed E-state index contributed by atoms with van der Waals surface area (Å²) < 4.78 is 32.0. The van der Waals surface area contributed by atoms with Gasteiger partial charge in [0, 0.05) is 81.2 Å². The molecule has 6 heterocycles. The molecule has 59 heavy (non-hydrogen) atoms. The largest absolute Gasteiger partial charge is 0.378 e. The molecule has 310 valence electrons. The smallest absolute Gasteiger partial charge is 0.256 e. The second-order valence-electron chi connectivity index (χ2n) is 15.8. The number of hydrogen-bond donors (Lipinski definition) is 3. The Morgan fingerprint density at radius 1 is 0.814 bits per heavy atom. The number of aliphatic hydroxyl groups is 1. The molecule has 4 aromatic heterocycles. The van der Waals surface area contributed by atoms with Crippen molar-refractivity contribution >= 4 is 39.2 Å². The normalized spacial score (nSPS) is 16.9. The number of piperidine rings is 1. The first-order valence-electron chi connectivity index (χ1n) is 20.2. The number of aliphatic hydroxyl groups excluding tert-OH is 1. The van der Waals surface area contributed by atoms with Crippen LogP contribution >= 0.6 is 0 Å². The molecule has 3 N–H and O–H groups in total. The van der Waals surface area contributed by atoms with Crippen LogP contribution in [0.3, 0.4) is 0 Å². The lowest BCUT2D eigenvalue weighted by Crippen LogP contribution is -2.39. The molecule has 2 aliphatic heterocycles. The Balaban J connectivity index is 0.000000198. The molecular formula is C46H54F2N8O3. The monoisotopic (exact) mass is 804 g/mol. The lowest BCUT2D eigenvalue weighted by molar-refractivity contribution is 0.0746. The van der Waals surface area contributed by atoms with Gasteiger partial charge in [0.25, 0.3) is 11.8 Å².